The zero-order valence-corrected chi connectivity index (χ0v) is 10.4. The molecule has 2 saturated heterocycles. The Balaban J connectivity index is 2.21. The van der Waals surface area contributed by atoms with Gasteiger partial charge >= 0.3 is 6.03 Å². The molecule has 2 rings (SSSR count). The van der Waals surface area contributed by atoms with Crippen molar-refractivity contribution in [3.63, 3.8) is 0 Å². The largest absolute Gasteiger partial charge is 0.328 e. The number of carbonyl (C=O) groups is 2. The summed E-state index contributed by atoms with van der Waals surface area (Å²) in [4.78, 5) is 27.5. The first-order valence-corrected chi connectivity index (χ1v) is 6.29. The molecule has 0 saturated carbocycles. The molecular weight excluding hydrogens is 220 g/mol. The molecule has 0 aliphatic carbocycles. The number of hydrogen-bond acceptors (Lipinski definition) is 4. The number of nitrogens with one attached hydrogen (secondary N) is 2. The summed E-state index contributed by atoms with van der Waals surface area (Å²) < 4.78 is 0. The van der Waals surface area contributed by atoms with Crippen molar-refractivity contribution in [1.82, 2.24) is 20.4 Å². The van der Waals surface area contributed by atoms with Gasteiger partial charge in [0.25, 0.3) is 5.91 Å². The van der Waals surface area contributed by atoms with Crippen LogP contribution in [0.3, 0.4) is 0 Å². The Hall–Kier alpha value is -1.14. The van der Waals surface area contributed by atoms with E-state index in [1.807, 2.05) is 13.8 Å². The van der Waals surface area contributed by atoms with Crippen LogP contribution in [0.1, 0.15) is 26.7 Å². The first kappa shape index (κ1) is 12.3. The molecule has 6 heteroatoms. The lowest BCUT2D eigenvalue weighted by atomic mass is 10.1. The topological polar surface area (TPSA) is 64.7 Å². The van der Waals surface area contributed by atoms with Gasteiger partial charge in [-0.1, -0.05) is 13.8 Å². The third-order valence-corrected chi connectivity index (χ3v) is 3.21. The number of nitrogens with zero attached hydrogens (tertiary/aromatic N) is 2. The molecule has 17 heavy (non-hydrogen) atoms. The average Bonchev–Trinajstić information content (AvgIpc) is 2.79. The summed E-state index contributed by atoms with van der Waals surface area (Å²) in [6.07, 6.45) is 1.51. The van der Waals surface area contributed by atoms with E-state index in [4.69, 9.17) is 0 Å². The van der Waals surface area contributed by atoms with E-state index in [0.717, 1.165) is 12.8 Å². The molecule has 2 atom stereocenters. The van der Waals surface area contributed by atoms with Crippen LogP contribution in [-0.4, -0.2) is 53.7 Å². The van der Waals surface area contributed by atoms with Gasteiger partial charge in [0.1, 0.15) is 12.2 Å². The van der Waals surface area contributed by atoms with E-state index >= 15 is 0 Å². The number of carbonyl (C=O) groups excluding carboxylic acids is 2. The third-order valence-electron chi connectivity index (χ3n) is 3.21. The third kappa shape index (κ3) is 2.02. The monoisotopic (exact) mass is 240 g/mol. The van der Waals surface area contributed by atoms with Gasteiger partial charge < -0.3 is 4.90 Å². The summed E-state index contributed by atoms with van der Waals surface area (Å²) in [5, 5.41) is 6.27. The van der Waals surface area contributed by atoms with Gasteiger partial charge in [-0.05, 0) is 12.8 Å². The van der Waals surface area contributed by atoms with Crippen molar-refractivity contribution in [1.29, 1.82) is 0 Å². The average molecular weight is 240 g/mol. The highest BCUT2D eigenvalue weighted by atomic mass is 16.2. The zero-order chi connectivity index (χ0) is 12.4. The first-order valence-electron chi connectivity index (χ1n) is 6.29. The Morgan fingerprint density at radius 2 is 1.88 bits per heavy atom. The van der Waals surface area contributed by atoms with Gasteiger partial charge in [0.2, 0.25) is 0 Å². The molecule has 0 aromatic rings. The Kier molecular flexibility index (Phi) is 3.63. The lowest BCUT2D eigenvalue weighted by Gasteiger charge is -2.41. The Labute approximate surface area is 101 Å². The van der Waals surface area contributed by atoms with E-state index in [0.29, 0.717) is 19.8 Å². The number of imide groups is 1. The van der Waals surface area contributed by atoms with Gasteiger partial charge in [0.05, 0.1) is 0 Å². The van der Waals surface area contributed by atoms with Crippen molar-refractivity contribution in [2.45, 2.75) is 38.9 Å². The van der Waals surface area contributed by atoms with Crippen LogP contribution in [-0.2, 0) is 4.79 Å². The molecule has 2 heterocycles. The highest BCUT2D eigenvalue weighted by Gasteiger charge is 2.47. The van der Waals surface area contributed by atoms with Gasteiger partial charge in [-0.3, -0.25) is 20.3 Å². The van der Waals surface area contributed by atoms with Crippen LogP contribution in [0.15, 0.2) is 0 Å². The van der Waals surface area contributed by atoms with Crippen molar-refractivity contribution < 1.29 is 9.59 Å². The standard InChI is InChI=1S/C11H20N4O2/c1-3-5-14-9-8(12-7-13-9)10(16)15(6-4-2)11(14)17/h8-9,12-13H,3-7H2,1-2H3. The van der Waals surface area contributed by atoms with Gasteiger partial charge in [-0.25, -0.2) is 4.79 Å². The maximum absolute atomic E-state index is 12.2. The number of urea groups is 1. The molecule has 0 aromatic heterocycles. The summed E-state index contributed by atoms with van der Waals surface area (Å²) in [6.45, 7) is 5.77. The molecule has 2 unspecified atom stereocenters. The van der Waals surface area contributed by atoms with Crippen LogP contribution >= 0.6 is 0 Å². The Morgan fingerprint density at radius 1 is 1.18 bits per heavy atom. The van der Waals surface area contributed by atoms with Gasteiger partial charge in [0, 0.05) is 19.8 Å². The van der Waals surface area contributed by atoms with Crippen LogP contribution in [0.25, 0.3) is 0 Å². The molecule has 3 amide bonds. The predicted molar refractivity (Wildman–Crippen MR) is 63.1 cm³/mol. The van der Waals surface area contributed by atoms with Crippen LogP contribution in [0, 0.1) is 0 Å². The van der Waals surface area contributed by atoms with E-state index in [-0.39, 0.29) is 24.1 Å². The van der Waals surface area contributed by atoms with Gasteiger partial charge in [0.15, 0.2) is 0 Å². The number of amides is 3. The van der Waals surface area contributed by atoms with Crippen molar-refractivity contribution >= 4 is 11.9 Å². The maximum Gasteiger partial charge on any atom is 0.328 e. The summed E-state index contributed by atoms with van der Waals surface area (Å²) in [5.41, 5.74) is 0. The Morgan fingerprint density at radius 3 is 2.53 bits per heavy atom. The van der Waals surface area contributed by atoms with Crippen molar-refractivity contribution in [3.8, 4) is 0 Å². The fraction of sp³-hybridized carbons (Fsp3) is 0.818. The van der Waals surface area contributed by atoms with E-state index in [1.165, 1.54) is 4.90 Å². The minimum atomic E-state index is -0.286. The first-order chi connectivity index (χ1) is 8.20. The SMILES string of the molecule is CCCN1C(=O)C2NCNC2N(CCC)C1=O. The minimum Gasteiger partial charge on any atom is -0.307 e. The highest BCUT2D eigenvalue weighted by molar-refractivity contribution is 6.00. The second-order valence-corrected chi connectivity index (χ2v) is 4.47. The highest BCUT2D eigenvalue weighted by Crippen LogP contribution is 2.19. The molecule has 0 bridgehead atoms. The van der Waals surface area contributed by atoms with E-state index in [1.54, 1.807) is 4.90 Å². The second-order valence-electron chi connectivity index (χ2n) is 4.47. The quantitative estimate of drug-likeness (QED) is 0.721. The van der Waals surface area contributed by atoms with E-state index < -0.39 is 0 Å². The number of rotatable bonds is 4. The zero-order valence-electron chi connectivity index (χ0n) is 10.4. The van der Waals surface area contributed by atoms with Crippen LogP contribution in [0.4, 0.5) is 4.79 Å². The lowest BCUT2D eigenvalue weighted by Crippen LogP contribution is -2.67. The molecule has 96 valence electrons. The fourth-order valence-corrected chi connectivity index (χ4v) is 2.46. The van der Waals surface area contributed by atoms with E-state index in [2.05, 4.69) is 10.6 Å². The summed E-state index contributed by atoms with van der Waals surface area (Å²) in [7, 11) is 0. The molecule has 2 aliphatic heterocycles. The van der Waals surface area contributed by atoms with Crippen LogP contribution in [0.5, 0.6) is 0 Å². The van der Waals surface area contributed by atoms with Crippen molar-refractivity contribution in [3.05, 3.63) is 0 Å². The smallest absolute Gasteiger partial charge is 0.307 e. The minimum absolute atomic E-state index is 0.0980. The maximum atomic E-state index is 12.2. The molecule has 2 fully saturated rings. The molecule has 2 aliphatic rings. The summed E-state index contributed by atoms with van der Waals surface area (Å²) >= 11 is 0. The van der Waals surface area contributed by atoms with Gasteiger partial charge in [-0.15, -0.1) is 0 Å². The Bertz CT molecular complexity index is 321. The lowest BCUT2D eigenvalue weighted by molar-refractivity contribution is -0.134. The molecule has 2 N–H and O–H groups in total. The predicted octanol–water partition coefficient (Wildman–Crippen LogP) is -0.0844. The normalized spacial score (nSPS) is 28.8. The van der Waals surface area contributed by atoms with Crippen molar-refractivity contribution in [2.75, 3.05) is 19.8 Å². The van der Waals surface area contributed by atoms with Crippen LogP contribution in [0.2, 0.25) is 0 Å². The molecule has 0 spiro atoms. The summed E-state index contributed by atoms with van der Waals surface area (Å²) in [5.74, 6) is -0.0980. The molecule has 6 nitrogen and oxygen atoms in total. The van der Waals surface area contributed by atoms with Crippen molar-refractivity contribution in [2.24, 2.45) is 0 Å². The van der Waals surface area contributed by atoms with Crippen LogP contribution < -0.4 is 10.6 Å². The van der Waals surface area contributed by atoms with E-state index in [9.17, 15) is 9.59 Å². The number of fused-ring (bicyclic) bond motifs is 1. The van der Waals surface area contributed by atoms with Gasteiger partial charge in [-0.2, -0.15) is 0 Å². The fourth-order valence-electron chi connectivity index (χ4n) is 2.46. The summed E-state index contributed by atoms with van der Waals surface area (Å²) in [6, 6.07) is -0.443. The second kappa shape index (κ2) is 5.01. The number of hydrogen-bond donors (Lipinski definition) is 2. The molecule has 0 aromatic carbocycles. The molecular formula is C11H20N4O2. The molecule has 0 radical (unpaired) electrons.